The Kier molecular flexibility index (Phi) is 10.2. The summed E-state index contributed by atoms with van der Waals surface area (Å²) in [7, 11) is 0. The van der Waals surface area contributed by atoms with Crippen LogP contribution in [0.3, 0.4) is 0 Å². The van der Waals surface area contributed by atoms with Crippen LogP contribution < -0.4 is 5.32 Å². The van der Waals surface area contributed by atoms with Crippen LogP contribution in [0.25, 0.3) is 10.4 Å². The van der Waals surface area contributed by atoms with Crippen molar-refractivity contribution in [3.8, 4) is 0 Å². The average Bonchev–Trinajstić information content (AvgIpc) is 2.29. The molecule has 1 N–H and O–H groups in total. The molecular formula is C9H16F2N4O2. The fourth-order valence-corrected chi connectivity index (χ4v) is 1.01. The van der Waals surface area contributed by atoms with Gasteiger partial charge in [0.1, 0.15) is 6.61 Å². The van der Waals surface area contributed by atoms with Crippen LogP contribution >= 0.6 is 0 Å². The van der Waals surface area contributed by atoms with E-state index < -0.39 is 13.0 Å². The second kappa shape index (κ2) is 11.1. The van der Waals surface area contributed by atoms with Gasteiger partial charge >= 0.3 is 0 Å². The van der Waals surface area contributed by atoms with Gasteiger partial charge in [0.25, 0.3) is 6.43 Å². The highest BCUT2D eigenvalue weighted by Crippen LogP contribution is 1.94. The van der Waals surface area contributed by atoms with Gasteiger partial charge in [0.15, 0.2) is 0 Å². The van der Waals surface area contributed by atoms with Gasteiger partial charge in [0.05, 0.1) is 6.61 Å². The fourth-order valence-electron chi connectivity index (χ4n) is 1.01. The Morgan fingerprint density at radius 2 is 2.24 bits per heavy atom. The molecular weight excluding hydrogens is 234 g/mol. The molecule has 0 saturated heterocycles. The molecule has 0 aromatic heterocycles. The minimum Gasteiger partial charge on any atom is -0.375 e. The summed E-state index contributed by atoms with van der Waals surface area (Å²) in [4.78, 5) is 13.7. The van der Waals surface area contributed by atoms with Gasteiger partial charge in [-0.25, -0.2) is 8.78 Å². The molecule has 0 bridgehead atoms. The van der Waals surface area contributed by atoms with Gasteiger partial charge in [-0.1, -0.05) is 5.11 Å². The van der Waals surface area contributed by atoms with Gasteiger partial charge < -0.3 is 10.1 Å². The third kappa shape index (κ3) is 12.5. The lowest BCUT2D eigenvalue weighted by atomic mass is 10.3. The lowest BCUT2D eigenvalue weighted by Gasteiger charge is -2.05. The summed E-state index contributed by atoms with van der Waals surface area (Å²) in [6, 6.07) is 0. The van der Waals surface area contributed by atoms with Gasteiger partial charge in [0.2, 0.25) is 5.91 Å². The number of ether oxygens (including phenoxy) is 1. The first-order valence-corrected chi connectivity index (χ1v) is 5.30. The Morgan fingerprint density at radius 1 is 1.47 bits per heavy atom. The van der Waals surface area contributed by atoms with Crippen LogP contribution in [0, 0.1) is 0 Å². The molecule has 0 fully saturated rings. The standard InChI is InChI=1S/C9H16F2N4O2/c10-8(11)7-17-6-3-9(16)13-4-1-2-5-14-15-12/h8H,1-7H2,(H,13,16). The number of hydrogen-bond donors (Lipinski definition) is 1. The second-order valence-corrected chi connectivity index (χ2v) is 3.23. The Morgan fingerprint density at radius 3 is 2.88 bits per heavy atom. The van der Waals surface area contributed by atoms with Crippen molar-refractivity contribution in [2.75, 3.05) is 26.3 Å². The van der Waals surface area contributed by atoms with E-state index in [0.717, 1.165) is 0 Å². The van der Waals surface area contributed by atoms with Crippen molar-refractivity contribution in [1.82, 2.24) is 5.32 Å². The maximum absolute atomic E-state index is 11.6. The minimum atomic E-state index is -2.50. The summed E-state index contributed by atoms with van der Waals surface area (Å²) in [6.45, 7) is 0.243. The molecule has 0 rings (SSSR count). The highest BCUT2D eigenvalue weighted by atomic mass is 19.3. The highest BCUT2D eigenvalue weighted by Gasteiger charge is 2.04. The number of alkyl halides is 2. The average molecular weight is 250 g/mol. The van der Waals surface area contributed by atoms with Crippen molar-refractivity contribution in [1.29, 1.82) is 0 Å². The zero-order valence-electron chi connectivity index (χ0n) is 9.44. The number of rotatable bonds is 10. The summed E-state index contributed by atoms with van der Waals surface area (Å²) in [5, 5.41) is 5.95. The summed E-state index contributed by atoms with van der Waals surface area (Å²) < 4.78 is 27.9. The minimum absolute atomic E-state index is 0.00506. The molecule has 0 aromatic carbocycles. The van der Waals surface area contributed by atoms with Crippen LogP contribution in [-0.2, 0) is 9.53 Å². The van der Waals surface area contributed by atoms with Gasteiger partial charge in [0, 0.05) is 24.4 Å². The molecule has 6 nitrogen and oxygen atoms in total. The smallest absolute Gasteiger partial charge is 0.261 e. The summed E-state index contributed by atoms with van der Waals surface area (Å²) in [6.07, 6.45) is -1.02. The van der Waals surface area contributed by atoms with E-state index in [-0.39, 0.29) is 18.9 Å². The summed E-state index contributed by atoms with van der Waals surface area (Å²) >= 11 is 0. The van der Waals surface area contributed by atoms with Gasteiger partial charge in [-0.3, -0.25) is 4.79 Å². The van der Waals surface area contributed by atoms with Gasteiger partial charge in [-0.15, -0.1) is 0 Å². The molecule has 0 aromatic rings. The first-order valence-electron chi connectivity index (χ1n) is 5.30. The maximum Gasteiger partial charge on any atom is 0.261 e. The highest BCUT2D eigenvalue weighted by molar-refractivity contribution is 5.75. The predicted octanol–water partition coefficient (Wildman–Crippen LogP) is 1.86. The van der Waals surface area contributed by atoms with Gasteiger partial charge in [-0.2, -0.15) is 0 Å². The van der Waals surface area contributed by atoms with E-state index >= 15 is 0 Å². The first kappa shape index (κ1) is 15.6. The Hall–Kier alpha value is -1.40. The molecule has 0 saturated carbocycles. The Bertz CT molecular complexity index is 257. The molecule has 1 amide bonds. The lowest BCUT2D eigenvalue weighted by molar-refractivity contribution is -0.122. The largest absolute Gasteiger partial charge is 0.375 e. The summed E-state index contributed by atoms with van der Waals surface area (Å²) in [5.74, 6) is -0.233. The normalized spacial score (nSPS) is 10.1. The molecule has 8 heteroatoms. The van der Waals surface area contributed by atoms with Crippen molar-refractivity contribution in [2.24, 2.45) is 5.11 Å². The molecule has 0 radical (unpaired) electrons. The number of amides is 1. The first-order chi connectivity index (χ1) is 8.16. The van der Waals surface area contributed by atoms with E-state index in [0.29, 0.717) is 25.9 Å². The number of nitrogens with one attached hydrogen (secondary N) is 1. The van der Waals surface area contributed by atoms with Crippen molar-refractivity contribution in [3.63, 3.8) is 0 Å². The molecule has 0 unspecified atom stereocenters. The number of carbonyl (C=O) groups is 1. The van der Waals surface area contributed by atoms with Crippen LogP contribution in [-0.4, -0.2) is 38.6 Å². The molecule has 98 valence electrons. The molecule has 0 heterocycles. The van der Waals surface area contributed by atoms with Crippen LogP contribution in [0.15, 0.2) is 5.11 Å². The zero-order chi connectivity index (χ0) is 12.9. The molecule has 0 aliphatic heterocycles. The van der Waals surface area contributed by atoms with E-state index in [1.165, 1.54) is 0 Å². The predicted molar refractivity (Wildman–Crippen MR) is 57.7 cm³/mol. The van der Waals surface area contributed by atoms with Crippen LogP contribution in [0.1, 0.15) is 19.3 Å². The molecule has 17 heavy (non-hydrogen) atoms. The maximum atomic E-state index is 11.6. The Balaban J connectivity index is 3.26. The van der Waals surface area contributed by atoms with Crippen LogP contribution in [0.2, 0.25) is 0 Å². The van der Waals surface area contributed by atoms with Crippen LogP contribution in [0.5, 0.6) is 0 Å². The summed E-state index contributed by atoms with van der Waals surface area (Å²) in [5.41, 5.74) is 7.99. The van der Waals surface area contributed by atoms with E-state index in [9.17, 15) is 13.6 Å². The third-order valence-electron chi connectivity index (χ3n) is 1.79. The lowest BCUT2D eigenvalue weighted by Crippen LogP contribution is -2.25. The van der Waals surface area contributed by atoms with Crippen LogP contribution in [0.4, 0.5) is 8.78 Å². The number of azide groups is 1. The Labute approximate surface area is 97.9 Å². The van der Waals surface area contributed by atoms with E-state index in [4.69, 9.17) is 5.53 Å². The second-order valence-electron chi connectivity index (χ2n) is 3.23. The number of hydrogen-bond acceptors (Lipinski definition) is 3. The van der Waals surface area contributed by atoms with E-state index in [2.05, 4.69) is 20.1 Å². The quantitative estimate of drug-likeness (QED) is 0.277. The van der Waals surface area contributed by atoms with Gasteiger partial charge in [-0.05, 0) is 18.4 Å². The molecule has 0 spiro atoms. The molecule has 0 aliphatic rings. The number of carbonyl (C=O) groups excluding carboxylic acids is 1. The fraction of sp³-hybridized carbons (Fsp3) is 0.889. The topological polar surface area (TPSA) is 87.1 Å². The van der Waals surface area contributed by atoms with Crippen molar-refractivity contribution < 1.29 is 18.3 Å². The third-order valence-corrected chi connectivity index (χ3v) is 1.79. The SMILES string of the molecule is [N-]=[N+]=NCCCCNC(=O)CCOCC(F)F. The van der Waals surface area contributed by atoms with Crippen molar-refractivity contribution >= 4 is 5.91 Å². The molecule has 0 aliphatic carbocycles. The number of halogens is 2. The number of unbranched alkanes of at least 4 members (excludes halogenated alkanes) is 1. The van der Waals surface area contributed by atoms with E-state index in [1.807, 2.05) is 0 Å². The molecule has 0 atom stereocenters. The zero-order valence-corrected chi connectivity index (χ0v) is 9.44. The van der Waals surface area contributed by atoms with E-state index in [1.54, 1.807) is 0 Å². The number of nitrogens with zero attached hydrogens (tertiary/aromatic N) is 3. The monoisotopic (exact) mass is 250 g/mol. The van der Waals surface area contributed by atoms with Crippen molar-refractivity contribution in [2.45, 2.75) is 25.7 Å². The van der Waals surface area contributed by atoms with Crippen molar-refractivity contribution in [3.05, 3.63) is 10.4 Å².